The van der Waals surface area contributed by atoms with Crippen LogP contribution in [0.1, 0.15) is 42.9 Å². The average molecular weight is 423 g/mol. The first-order valence-corrected chi connectivity index (χ1v) is 11.3. The molecule has 0 amide bonds. The van der Waals surface area contributed by atoms with E-state index in [9.17, 15) is 0 Å². The Hall–Kier alpha value is -3.46. The first-order valence-electron chi connectivity index (χ1n) is 11.3. The molecule has 2 heterocycles. The highest BCUT2D eigenvalue weighted by Gasteiger charge is 2.19. The number of rotatable bonds is 9. The molecule has 2 aromatic carbocycles. The minimum atomic E-state index is 0.445. The van der Waals surface area contributed by atoms with Crippen LogP contribution in [0.15, 0.2) is 97.5 Å². The van der Waals surface area contributed by atoms with Crippen molar-refractivity contribution in [3.8, 4) is 17.0 Å². The summed E-state index contributed by atoms with van der Waals surface area (Å²) in [5.74, 6) is 1.84. The molecular weight excluding hydrogens is 392 g/mol. The molecule has 1 atom stereocenters. The molecule has 162 valence electrons. The number of nitrogens with zero attached hydrogens (tertiary/aromatic N) is 2. The quantitative estimate of drug-likeness (QED) is 0.289. The van der Waals surface area contributed by atoms with Gasteiger partial charge in [0.15, 0.2) is 0 Å². The lowest BCUT2D eigenvalue weighted by Gasteiger charge is -2.23. The zero-order chi connectivity index (χ0) is 22.2. The monoisotopic (exact) mass is 422 g/mol. The first-order chi connectivity index (χ1) is 15.7. The summed E-state index contributed by atoms with van der Waals surface area (Å²) in [6.45, 7) is 5.14. The number of benzene rings is 2. The average Bonchev–Trinajstić information content (AvgIpc) is 2.85. The summed E-state index contributed by atoms with van der Waals surface area (Å²) in [7, 11) is 0. The van der Waals surface area contributed by atoms with Crippen LogP contribution in [0.25, 0.3) is 11.3 Å². The SMILES string of the molecule is CC(C)C(CCc1cccnc1)c1ccc(OCc2ccccc2)c(-c2ccccn2)c1. The Kier molecular flexibility index (Phi) is 7.29. The smallest absolute Gasteiger partial charge is 0.129 e. The molecule has 32 heavy (non-hydrogen) atoms. The van der Waals surface area contributed by atoms with Gasteiger partial charge in [-0.25, -0.2) is 0 Å². The molecule has 3 nitrogen and oxygen atoms in total. The number of pyridine rings is 2. The van der Waals surface area contributed by atoms with Gasteiger partial charge in [-0.1, -0.05) is 62.4 Å². The van der Waals surface area contributed by atoms with Crippen LogP contribution in [-0.2, 0) is 13.0 Å². The molecule has 0 spiro atoms. The minimum absolute atomic E-state index is 0.445. The van der Waals surface area contributed by atoms with Crippen LogP contribution in [0.4, 0.5) is 0 Å². The lowest BCUT2D eigenvalue weighted by molar-refractivity contribution is 0.307. The van der Waals surface area contributed by atoms with Crippen LogP contribution < -0.4 is 4.74 Å². The largest absolute Gasteiger partial charge is 0.488 e. The zero-order valence-electron chi connectivity index (χ0n) is 18.8. The summed E-state index contributed by atoms with van der Waals surface area (Å²) >= 11 is 0. The minimum Gasteiger partial charge on any atom is -0.488 e. The van der Waals surface area contributed by atoms with Gasteiger partial charge in [-0.3, -0.25) is 9.97 Å². The third-order valence-electron chi connectivity index (χ3n) is 5.88. The second-order valence-electron chi connectivity index (χ2n) is 8.50. The van der Waals surface area contributed by atoms with Gasteiger partial charge in [0.2, 0.25) is 0 Å². The predicted octanol–water partition coefficient (Wildman–Crippen LogP) is 7.10. The highest BCUT2D eigenvalue weighted by atomic mass is 16.5. The van der Waals surface area contributed by atoms with Crippen LogP contribution in [-0.4, -0.2) is 9.97 Å². The Labute approximate surface area is 191 Å². The zero-order valence-corrected chi connectivity index (χ0v) is 18.8. The topological polar surface area (TPSA) is 35.0 Å². The van der Waals surface area contributed by atoms with Crippen molar-refractivity contribution in [2.24, 2.45) is 5.92 Å². The second kappa shape index (κ2) is 10.7. The van der Waals surface area contributed by atoms with E-state index in [0.717, 1.165) is 35.4 Å². The van der Waals surface area contributed by atoms with Gasteiger partial charge < -0.3 is 4.74 Å². The fraction of sp³-hybridized carbons (Fsp3) is 0.241. The van der Waals surface area contributed by atoms with Crippen molar-refractivity contribution < 1.29 is 4.74 Å². The number of aryl methyl sites for hydroxylation is 1. The van der Waals surface area contributed by atoms with Gasteiger partial charge in [0.25, 0.3) is 0 Å². The molecule has 0 fully saturated rings. The van der Waals surface area contributed by atoms with Crippen molar-refractivity contribution in [3.05, 3.63) is 114 Å². The highest BCUT2D eigenvalue weighted by Crippen LogP contribution is 2.36. The summed E-state index contributed by atoms with van der Waals surface area (Å²) in [4.78, 5) is 8.88. The van der Waals surface area contributed by atoms with E-state index in [1.807, 2.05) is 55.0 Å². The molecule has 0 aliphatic carbocycles. The van der Waals surface area contributed by atoms with Crippen LogP contribution in [0.5, 0.6) is 5.75 Å². The van der Waals surface area contributed by atoms with E-state index in [1.54, 1.807) is 0 Å². The van der Waals surface area contributed by atoms with E-state index < -0.39 is 0 Å². The molecule has 4 aromatic rings. The molecule has 0 radical (unpaired) electrons. The lowest BCUT2D eigenvalue weighted by atomic mass is 9.83. The van der Waals surface area contributed by atoms with Gasteiger partial charge in [0.1, 0.15) is 12.4 Å². The molecular formula is C29H30N2O. The summed E-state index contributed by atoms with van der Waals surface area (Å²) in [5, 5.41) is 0. The van der Waals surface area contributed by atoms with Crippen molar-refractivity contribution in [2.45, 2.75) is 39.2 Å². The first kappa shape index (κ1) is 21.8. The summed E-state index contributed by atoms with van der Waals surface area (Å²) < 4.78 is 6.25. The molecule has 0 aliphatic rings. The maximum Gasteiger partial charge on any atom is 0.129 e. The van der Waals surface area contributed by atoms with E-state index >= 15 is 0 Å². The van der Waals surface area contributed by atoms with Gasteiger partial charge in [-0.15, -0.1) is 0 Å². The van der Waals surface area contributed by atoms with Crippen molar-refractivity contribution in [1.29, 1.82) is 0 Å². The van der Waals surface area contributed by atoms with E-state index in [0.29, 0.717) is 18.4 Å². The molecule has 0 aliphatic heterocycles. The molecule has 3 heteroatoms. The normalized spacial score (nSPS) is 12.0. The molecule has 0 saturated heterocycles. The number of ether oxygens (including phenoxy) is 1. The van der Waals surface area contributed by atoms with Gasteiger partial charge in [0.05, 0.1) is 5.69 Å². The third kappa shape index (κ3) is 5.61. The second-order valence-corrected chi connectivity index (χ2v) is 8.50. The van der Waals surface area contributed by atoms with E-state index in [-0.39, 0.29) is 0 Å². The molecule has 2 aromatic heterocycles. The van der Waals surface area contributed by atoms with Crippen molar-refractivity contribution >= 4 is 0 Å². The number of aromatic nitrogens is 2. The van der Waals surface area contributed by atoms with Crippen molar-refractivity contribution in [2.75, 3.05) is 0 Å². The summed E-state index contributed by atoms with van der Waals surface area (Å²) in [6, 6.07) is 27.1. The maximum absolute atomic E-state index is 6.25. The van der Waals surface area contributed by atoms with Crippen molar-refractivity contribution in [1.82, 2.24) is 9.97 Å². The fourth-order valence-electron chi connectivity index (χ4n) is 4.11. The standard InChI is InChI=1S/C29H30N2O/c1-22(2)26(15-13-23-11-8-17-30-20-23)25-14-16-29(32-21-24-9-4-3-5-10-24)27(19-25)28-12-6-7-18-31-28/h3-12,14,16-20,22,26H,13,15,21H2,1-2H3. The Morgan fingerprint density at radius 3 is 2.34 bits per heavy atom. The van der Waals surface area contributed by atoms with E-state index in [1.165, 1.54) is 11.1 Å². The van der Waals surface area contributed by atoms with Crippen molar-refractivity contribution in [3.63, 3.8) is 0 Å². The Morgan fingerprint density at radius 2 is 1.62 bits per heavy atom. The van der Waals surface area contributed by atoms with Crippen LogP contribution in [0, 0.1) is 5.92 Å². The van der Waals surface area contributed by atoms with Gasteiger partial charge in [-0.05, 0) is 71.7 Å². The predicted molar refractivity (Wildman–Crippen MR) is 131 cm³/mol. The molecule has 4 rings (SSSR count). The van der Waals surface area contributed by atoms with Gasteiger partial charge in [-0.2, -0.15) is 0 Å². The fourth-order valence-corrected chi connectivity index (χ4v) is 4.11. The third-order valence-corrected chi connectivity index (χ3v) is 5.88. The summed E-state index contributed by atoms with van der Waals surface area (Å²) in [5.41, 5.74) is 5.75. The number of hydrogen-bond donors (Lipinski definition) is 0. The van der Waals surface area contributed by atoms with E-state index in [4.69, 9.17) is 4.74 Å². The van der Waals surface area contributed by atoms with Gasteiger partial charge in [0, 0.05) is 24.2 Å². The Bertz CT molecular complexity index is 1100. The maximum atomic E-state index is 6.25. The Morgan fingerprint density at radius 1 is 0.812 bits per heavy atom. The summed E-state index contributed by atoms with van der Waals surface area (Å²) in [6.07, 6.45) is 7.73. The molecule has 0 bridgehead atoms. The highest BCUT2D eigenvalue weighted by molar-refractivity contribution is 5.68. The van der Waals surface area contributed by atoms with E-state index in [2.05, 4.69) is 66.3 Å². The van der Waals surface area contributed by atoms with Gasteiger partial charge >= 0.3 is 0 Å². The molecule has 0 saturated carbocycles. The Balaban J connectivity index is 1.61. The van der Waals surface area contributed by atoms with Crippen LogP contribution in [0.2, 0.25) is 0 Å². The van der Waals surface area contributed by atoms with Crippen LogP contribution in [0.3, 0.4) is 0 Å². The number of hydrogen-bond acceptors (Lipinski definition) is 3. The van der Waals surface area contributed by atoms with Crippen LogP contribution >= 0.6 is 0 Å². The lowest BCUT2D eigenvalue weighted by Crippen LogP contribution is -2.09. The molecule has 1 unspecified atom stereocenters. The molecule has 0 N–H and O–H groups in total.